The highest BCUT2D eigenvalue weighted by Crippen LogP contribution is 2.13. The molecular weight excluding hydrogens is 230 g/mol. The SMILES string of the molecule is C[C@H](NCc1ccc(C(=O)O)o1)c1ccccc1. The quantitative estimate of drug-likeness (QED) is 0.850. The average molecular weight is 245 g/mol. The van der Waals surface area contributed by atoms with E-state index >= 15 is 0 Å². The molecule has 0 radical (unpaired) electrons. The zero-order chi connectivity index (χ0) is 13.0. The summed E-state index contributed by atoms with van der Waals surface area (Å²) in [4.78, 5) is 10.7. The first-order valence-corrected chi connectivity index (χ1v) is 5.77. The van der Waals surface area contributed by atoms with E-state index in [1.54, 1.807) is 6.07 Å². The molecule has 0 fully saturated rings. The van der Waals surface area contributed by atoms with Crippen LogP contribution in [-0.4, -0.2) is 11.1 Å². The van der Waals surface area contributed by atoms with Gasteiger partial charge in [0.05, 0.1) is 6.54 Å². The van der Waals surface area contributed by atoms with E-state index in [1.807, 2.05) is 30.3 Å². The lowest BCUT2D eigenvalue weighted by Crippen LogP contribution is -2.17. The van der Waals surface area contributed by atoms with Crippen molar-refractivity contribution in [3.63, 3.8) is 0 Å². The van der Waals surface area contributed by atoms with E-state index in [-0.39, 0.29) is 11.8 Å². The Balaban J connectivity index is 1.93. The van der Waals surface area contributed by atoms with Crippen LogP contribution in [-0.2, 0) is 6.54 Å². The lowest BCUT2D eigenvalue weighted by Gasteiger charge is -2.12. The fraction of sp³-hybridized carbons (Fsp3) is 0.214. The van der Waals surface area contributed by atoms with Crippen LogP contribution in [0.4, 0.5) is 0 Å². The molecule has 1 atom stereocenters. The molecule has 2 rings (SSSR count). The Bertz CT molecular complexity index is 519. The number of carboxylic acids is 1. The first-order chi connectivity index (χ1) is 8.66. The van der Waals surface area contributed by atoms with Crippen LogP contribution in [0.25, 0.3) is 0 Å². The maximum atomic E-state index is 10.7. The van der Waals surface area contributed by atoms with Gasteiger partial charge in [0, 0.05) is 6.04 Å². The van der Waals surface area contributed by atoms with Gasteiger partial charge in [0.1, 0.15) is 5.76 Å². The molecule has 0 bridgehead atoms. The molecule has 0 unspecified atom stereocenters. The van der Waals surface area contributed by atoms with E-state index < -0.39 is 5.97 Å². The van der Waals surface area contributed by atoms with Crippen molar-refractivity contribution >= 4 is 5.97 Å². The van der Waals surface area contributed by atoms with Gasteiger partial charge in [-0.1, -0.05) is 30.3 Å². The van der Waals surface area contributed by atoms with Crippen LogP contribution in [0.3, 0.4) is 0 Å². The summed E-state index contributed by atoms with van der Waals surface area (Å²) < 4.78 is 5.17. The smallest absolute Gasteiger partial charge is 0.371 e. The summed E-state index contributed by atoms with van der Waals surface area (Å²) in [6, 6.07) is 13.4. The van der Waals surface area contributed by atoms with Crippen molar-refractivity contribution in [1.82, 2.24) is 5.32 Å². The maximum Gasteiger partial charge on any atom is 0.371 e. The summed E-state index contributed by atoms with van der Waals surface area (Å²) in [5, 5.41) is 12.0. The van der Waals surface area contributed by atoms with Crippen LogP contribution >= 0.6 is 0 Å². The lowest BCUT2D eigenvalue weighted by atomic mass is 10.1. The molecule has 2 aromatic rings. The Morgan fingerprint density at radius 3 is 2.61 bits per heavy atom. The number of benzene rings is 1. The summed E-state index contributed by atoms with van der Waals surface area (Å²) in [5.74, 6) is -0.452. The van der Waals surface area contributed by atoms with Gasteiger partial charge in [-0.05, 0) is 24.6 Å². The fourth-order valence-electron chi connectivity index (χ4n) is 1.70. The van der Waals surface area contributed by atoms with Gasteiger partial charge in [-0.25, -0.2) is 4.79 Å². The number of furan rings is 1. The molecule has 1 aromatic carbocycles. The third-order valence-electron chi connectivity index (χ3n) is 2.75. The predicted octanol–water partition coefficient (Wildman–Crippen LogP) is 2.83. The molecule has 2 N–H and O–H groups in total. The largest absolute Gasteiger partial charge is 0.475 e. The molecule has 0 aliphatic heterocycles. The number of carboxylic acid groups (broad SMARTS) is 1. The van der Waals surface area contributed by atoms with Crippen molar-refractivity contribution in [3.8, 4) is 0 Å². The molecule has 0 spiro atoms. The van der Waals surface area contributed by atoms with Crippen LogP contribution in [0.5, 0.6) is 0 Å². The normalized spacial score (nSPS) is 12.3. The minimum absolute atomic E-state index is 0.0286. The van der Waals surface area contributed by atoms with Gasteiger partial charge in [-0.3, -0.25) is 0 Å². The zero-order valence-electron chi connectivity index (χ0n) is 10.1. The van der Waals surface area contributed by atoms with Crippen molar-refractivity contribution in [2.45, 2.75) is 19.5 Å². The summed E-state index contributed by atoms with van der Waals surface area (Å²) in [7, 11) is 0. The second-order valence-corrected chi connectivity index (χ2v) is 4.08. The van der Waals surface area contributed by atoms with Crippen LogP contribution in [0.1, 0.15) is 34.8 Å². The van der Waals surface area contributed by atoms with E-state index in [0.717, 1.165) is 0 Å². The van der Waals surface area contributed by atoms with Gasteiger partial charge in [0.15, 0.2) is 0 Å². The number of aromatic carboxylic acids is 1. The zero-order valence-corrected chi connectivity index (χ0v) is 10.1. The van der Waals surface area contributed by atoms with E-state index in [4.69, 9.17) is 9.52 Å². The van der Waals surface area contributed by atoms with Gasteiger partial charge in [-0.15, -0.1) is 0 Å². The van der Waals surface area contributed by atoms with Gasteiger partial charge in [0.25, 0.3) is 0 Å². The third kappa shape index (κ3) is 2.99. The van der Waals surface area contributed by atoms with Crippen LogP contribution in [0.2, 0.25) is 0 Å². The second-order valence-electron chi connectivity index (χ2n) is 4.08. The van der Waals surface area contributed by atoms with Gasteiger partial charge in [0.2, 0.25) is 5.76 Å². The number of hydrogen-bond donors (Lipinski definition) is 2. The maximum absolute atomic E-state index is 10.7. The molecular formula is C14H15NO3. The van der Waals surface area contributed by atoms with Crippen molar-refractivity contribution in [3.05, 3.63) is 59.5 Å². The standard InChI is InChI=1S/C14H15NO3/c1-10(11-5-3-2-4-6-11)15-9-12-7-8-13(18-12)14(16)17/h2-8,10,15H,9H2,1H3,(H,16,17)/t10-/m0/s1. The van der Waals surface area contributed by atoms with E-state index in [0.29, 0.717) is 12.3 Å². The van der Waals surface area contributed by atoms with Crippen LogP contribution < -0.4 is 5.32 Å². The highest BCUT2D eigenvalue weighted by atomic mass is 16.4. The van der Waals surface area contributed by atoms with E-state index in [9.17, 15) is 4.79 Å². The highest BCUT2D eigenvalue weighted by Gasteiger charge is 2.10. The van der Waals surface area contributed by atoms with E-state index in [2.05, 4.69) is 12.2 Å². The Hall–Kier alpha value is -2.07. The Labute approximate surface area is 105 Å². The summed E-state index contributed by atoms with van der Waals surface area (Å²) in [5.41, 5.74) is 1.18. The Morgan fingerprint density at radius 2 is 2.00 bits per heavy atom. The molecule has 1 aromatic heterocycles. The van der Waals surface area contributed by atoms with Crippen LogP contribution in [0.15, 0.2) is 46.9 Å². The van der Waals surface area contributed by atoms with E-state index in [1.165, 1.54) is 11.6 Å². The van der Waals surface area contributed by atoms with Gasteiger partial charge >= 0.3 is 5.97 Å². The molecule has 4 nitrogen and oxygen atoms in total. The lowest BCUT2D eigenvalue weighted by molar-refractivity contribution is 0.0660. The van der Waals surface area contributed by atoms with Crippen molar-refractivity contribution in [2.24, 2.45) is 0 Å². The Kier molecular flexibility index (Phi) is 3.79. The third-order valence-corrected chi connectivity index (χ3v) is 2.75. The number of nitrogens with one attached hydrogen (secondary N) is 1. The van der Waals surface area contributed by atoms with Gasteiger partial charge < -0.3 is 14.8 Å². The number of hydrogen-bond acceptors (Lipinski definition) is 3. The molecule has 1 heterocycles. The Morgan fingerprint density at radius 1 is 1.28 bits per heavy atom. The number of carbonyl (C=O) groups is 1. The first kappa shape index (κ1) is 12.4. The van der Waals surface area contributed by atoms with Crippen molar-refractivity contribution in [2.75, 3.05) is 0 Å². The second kappa shape index (κ2) is 5.51. The summed E-state index contributed by atoms with van der Waals surface area (Å²) in [6.07, 6.45) is 0. The van der Waals surface area contributed by atoms with Gasteiger partial charge in [-0.2, -0.15) is 0 Å². The molecule has 94 valence electrons. The minimum Gasteiger partial charge on any atom is -0.475 e. The molecule has 18 heavy (non-hydrogen) atoms. The van der Waals surface area contributed by atoms with Crippen molar-refractivity contribution < 1.29 is 14.3 Å². The number of rotatable bonds is 5. The average Bonchev–Trinajstić information content (AvgIpc) is 2.86. The monoisotopic (exact) mass is 245 g/mol. The van der Waals surface area contributed by atoms with Crippen LogP contribution in [0, 0.1) is 0 Å². The topological polar surface area (TPSA) is 62.5 Å². The predicted molar refractivity (Wildman–Crippen MR) is 67.4 cm³/mol. The van der Waals surface area contributed by atoms with Crippen molar-refractivity contribution in [1.29, 1.82) is 0 Å². The molecule has 0 saturated heterocycles. The molecule has 0 amide bonds. The molecule has 4 heteroatoms. The molecule has 0 saturated carbocycles. The minimum atomic E-state index is -1.04. The first-order valence-electron chi connectivity index (χ1n) is 5.77. The molecule has 0 aliphatic rings. The fourth-order valence-corrected chi connectivity index (χ4v) is 1.70. The summed E-state index contributed by atoms with van der Waals surface area (Å²) in [6.45, 7) is 2.56. The molecule has 0 aliphatic carbocycles. The highest BCUT2D eigenvalue weighted by molar-refractivity contribution is 5.84. The summed E-state index contributed by atoms with van der Waals surface area (Å²) >= 11 is 0.